The third-order valence-corrected chi connectivity index (χ3v) is 3.00. The zero-order chi connectivity index (χ0) is 6.78. The zero-order valence-electron chi connectivity index (χ0n) is 4.07. The highest BCUT2D eigenvalue weighted by molar-refractivity contribution is 7.33. The molecule has 0 amide bonds. The van der Waals surface area contributed by atoms with Crippen LogP contribution in [-0.2, 0) is 4.57 Å². The Bertz CT molecular complexity index is 92.5. The Balaban J connectivity index is 3.90. The largest absolute Gasteiger partial charge is 0.272 e. The van der Waals surface area contributed by atoms with Gasteiger partial charge in [-0.15, -0.1) is 11.6 Å². The Morgan fingerprint density at radius 3 is 2.00 bits per heavy atom. The average molecular weight is 193 g/mol. The van der Waals surface area contributed by atoms with Crippen molar-refractivity contribution in [2.75, 3.05) is 0 Å². The van der Waals surface area contributed by atoms with E-state index in [4.69, 9.17) is 34.8 Å². The second-order valence-electron chi connectivity index (χ2n) is 1.30. The van der Waals surface area contributed by atoms with Gasteiger partial charge in [-0.05, 0) is 6.92 Å². The van der Waals surface area contributed by atoms with Crippen LogP contribution in [0.4, 0.5) is 0 Å². The van der Waals surface area contributed by atoms with Crippen molar-refractivity contribution in [2.24, 2.45) is 0 Å². The van der Waals surface area contributed by atoms with E-state index in [0.717, 1.165) is 0 Å². The van der Waals surface area contributed by atoms with Crippen LogP contribution in [0.2, 0.25) is 0 Å². The molecule has 1 nitrogen and oxygen atoms in total. The molecule has 0 aliphatic heterocycles. The van der Waals surface area contributed by atoms with Gasteiger partial charge >= 0.3 is 0 Å². The van der Waals surface area contributed by atoms with E-state index in [1.165, 1.54) is 0 Å². The molecular weight excluding hydrogens is 189 g/mol. The first-order chi connectivity index (χ1) is 3.50. The maximum atomic E-state index is 10.0. The Morgan fingerprint density at radius 1 is 1.62 bits per heavy atom. The molecule has 0 rings (SSSR count). The summed E-state index contributed by atoms with van der Waals surface area (Å²) in [6, 6.07) is 0. The van der Waals surface area contributed by atoms with Crippen LogP contribution >= 0.6 is 43.3 Å². The average Bonchev–Trinajstić information content (AvgIpc) is 1.67. The van der Waals surface area contributed by atoms with Gasteiger partial charge in [0.25, 0.3) is 0 Å². The SMILES string of the molecule is CC(Cl)C(Cl)(Cl)P=O. The first-order valence-corrected chi connectivity index (χ1v) is 3.87. The topological polar surface area (TPSA) is 17.1 Å². The molecule has 0 saturated heterocycles. The first-order valence-electron chi connectivity index (χ1n) is 1.87. The first kappa shape index (κ1) is 8.97. The van der Waals surface area contributed by atoms with Gasteiger partial charge in [0.1, 0.15) is 0 Å². The number of hydrogen-bond acceptors (Lipinski definition) is 1. The van der Waals surface area contributed by atoms with Crippen molar-refractivity contribution in [3.05, 3.63) is 0 Å². The van der Waals surface area contributed by atoms with Crippen LogP contribution in [0.5, 0.6) is 0 Å². The number of halogens is 3. The minimum Gasteiger partial charge on any atom is -0.272 e. The molecule has 48 valence electrons. The van der Waals surface area contributed by atoms with Crippen molar-refractivity contribution in [3.8, 4) is 0 Å². The Morgan fingerprint density at radius 2 is 2.00 bits per heavy atom. The number of hydrogen-bond donors (Lipinski definition) is 0. The van der Waals surface area contributed by atoms with Gasteiger partial charge in [0.15, 0.2) is 8.46 Å². The molecular formula is C3H4Cl3OP. The van der Waals surface area contributed by atoms with Gasteiger partial charge in [0, 0.05) is 0 Å². The third kappa shape index (κ3) is 2.50. The predicted octanol–water partition coefficient (Wildman–Crippen LogP) is 3.04. The molecule has 5 heteroatoms. The summed E-state index contributed by atoms with van der Waals surface area (Å²) in [6.45, 7) is 1.58. The van der Waals surface area contributed by atoms with E-state index in [-0.39, 0.29) is 8.46 Å². The lowest BCUT2D eigenvalue weighted by Gasteiger charge is -2.11. The predicted molar refractivity (Wildman–Crippen MR) is 37.4 cm³/mol. The Kier molecular flexibility index (Phi) is 3.61. The van der Waals surface area contributed by atoms with Crippen molar-refractivity contribution in [1.82, 2.24) is 0 Å². The molecule has 1 unspecified atom stereocenters. The lowest BCUT2D eigenvalue weighted by molar-refractivity contribution is 0.594. The lowest BCUT2D eigenvalue weighted by Crippen LogP contribution is -2.14. The van der Waals surface area contributed by atoms with Crippen LogP contribution in [0.25, 0.3) is 0 Å². The van der Waals surface area contributed by atoms with Gasteiger partial charge < -0.3 is 0 Å². The van der Waals surface area contributed by atoms with Crippen molar-refractivity contribution in [2.45, 2.75) is 16.4 Å². The van der Waals surface area contributed by atoms with Crippen LogP contribution in [-0.4, -0.2) is 9.45 Å². The van der Waals surface area contributed by atoms with Gasteiger partial charge in [0.2, 0.25) is 4.07 Å². The highest BCUT2D eigenvalue weighted by Crippen LogP contribution is 2.38. The molecule has 1 atom stereocenters. The standard InChI is InChI=1S/C3H4Cl3OP/c1-2(4)3(5,6)8-7/h2H,1H3. The van der Waals surface area contributed by atoms with Gasteiger partial charge in [-0.2, -0.15) is 0 Å². The van der Waals surface area contributed by atoms with E-state index in [1.807, 2.05) is 0 Å². The van der Waals surface area contributed by atoms with Gasteiger partial charge in [-0.25, -0.2) is 0 Å². The summed E-state index contributed by atoms with van der Waals surface area (Å²) in [5.74, 6) is 0. The van der Waals surface area contributed by atoms with E-state index in [1.54, 1.807) is 6.92 Å². The van der Waals surface area contributed by atoms with Crippen molar-refractivity contribution < 1.29 is 4.57 Å². The molecule has 0 N–H and O–H groups in total. The van der Waals surface area contributed by atoms with E-state index < -0.39 is 9.45 Å². The highest BCUT2D eigenvalue weighted by atomic mass is 35.5. The summed E-state index contributed by atoms with van der Waals surface area (Å²) >= 11 is 16.1. The van der Waals surface area contributed by atoms with E-state index >= 15 is 0 Å². The molecule has 0 heterocycles. The molecule has 0 aliphatic rings. The maximum absolute atomic E-state index is 10.0. The van der Waals surface area contributed by atoms with Crippen LogP contribution in [0, 0.1) is 0 Å². The normalized spacial score (nSPS) is 16.5. The molecule has 0 saturated carbocycles. The molecule has 0 aromatic rings. The fourth-order valence-corrected chi connectivity index (χ4v) is 0.337. The lowest BCUT2D eigenvalue weighted by atomic mass is 10.5. The molecule has 0 aromatic carbocycles. The highest BCUT2D eigenvalue weighted by Gasteiger charge is 2.30. The van der Waals surface area contributed by atoms with Gasteiger partial charge in [-0.3, -0.25) is 4.57 Å². The summed E-state index contributed by atoms with van der Waals surface area (Å²) in [5, 5.41) is -0.509. The molecule has 8 heavy (non-hydrogen) atoms. The van der Waals surface area contributed by atoms with Crippen LogP contribution < -0.4 is 0 Å². The molecule has 0 aliphatic carbocycles. The summed E-state index contributed by atoms with van der Waals surface area (Å²) in [7, 11) is -0.351. The van der Waals surface area contributed by atoms with Crippen LogP contribution in [0.1, 0.15) is 6.92 Å². The second-order valence-corrected chi connectivity index (χ2v) is 4.75. The smallest absolute Gasteiger partial charge is 0.212 e. The molecule has 0 radical (unpaired) electrons. The summed E-state index contributed by atoms with van der Waals surface area (Å²) in [4.78, 5) is 0. The van der Waals surface area contributed by atoms with Gasteiger partial charge in [0.05, 0.1) is 5.38 Å². The number of rotatable bonds is 2. The monoisotopic (exact) mass is 192 g/mol. The van der Waals surface area contributed by atoms with Crippen molar-refractivity contribution >= 4 is 43.3 Å². The Hall–Kier alpha value is 0.970. The van der Waals surface area contributed by atoms with Crippen molar-refractivity contribution in [3.63, 3.8) is 0 Å². The zero-order valence-corrected chi connectivity index (χ0v) is 7.23. The van der Waals surface area contributed by atoms with Gasteiger partial charge in [-0.1, -0.05) is 23.2 Å². The van der Waals surface area contributed by atoms with Crippen LogP contribution in [0.3, 0.4) is 0 Å². The summed E-state index contributed by atoms with van der Waals surface area (Å²) in [6.07, 6.45) is 0. The quantitative estimate of drug-likeness (QED) is 0.487. The fraction of sp³-hybridized carbons (Fsp3) is 1.00. The third-order valence-electron chi connectivity index (χ3n) is 0.600. The maximum Gasteiger partial charge on any atom is 0.212 e. The van der Waals surface area contributed by atoms with E-state index in [9.17, 15) is 4.57 Å². The summed E-state index contributed by atoms with van der Waals surface area (Å²) in [5.41, 5.74) is 0. The second kappa shape index (κ2) is 3.22. The summed E-state index contributed by atoms with van der Waals surface area (Å²) < 4.78 is 8.69. The van der Waals surface area contributed by atoms with Crippen LogP contribution in [0.15, 0.2) is 0 Å². The number of alkyl halides is 3. The molecule has 0 aromatic heterocycles. The Labute approximate surface area is 64.5 Å². The van der Waals surface area contributed by atoms with E-state index in [0.29, 0.717) is 0 Å². The minimum absolute atomic E-state index is 0.351. The molecule has 0 bridgehead atoms. The fourth-order valence-electron chi connectivity index (χ4n) is 0.0726. The molecule has 0 fully saturated rings. The molecule has 0 spiro atoms. The van der Waals surface area contributed by atoms with E-state index in [2.05, 4.69) is 0 Å². The minimum atomic E-state index is -1.33. The van der Waals surface area contributed by atoms with Crippen molar-refractivity contribution in [1.29, 1.82) is 0 Å².